The molecule has 1 aliphatic carbocycles. The molecule has 6 aromatic carbocycles. The van der Waals surface area contributed by atoms with Crippen LogP contribution in [-0.2, 0) is 6.42 Å². The highest BCUT2D eigenvalue weighted by atomic mass is 14.7. The second-order valence-electron chi connectivity index (χ2n) is 12.0. The average Bonchev–Trinajstić information content (AvgIpc) is 3.44. The van der Waals surface area contributed by atoms with Crippen molar-refractivity contribution in [3.8, 4) is 44.6 Å². The quantitative estimate of drug-likeness (QED) is 0.204. The van der Waals surface area contributed by atoms with Crippen molar-refractivity contribution in [1.82, 2.24) is 9.97 Å². The molecule has 2 heterocycles. The van der Waals surface area contributed by atoms with Crippen molar-refractivity contribution in [3.63, 3.8) is 0 Å². The van der Waals surface area contributed by atoms with Gasteiger partial charge in [0.05, 0.1) is 22.4 Å². The summed E-state index contributed by atoms with van der Waals surface area (Å²) in [5.74, 6) is 0. The summed E-state index contributed by atoms with van der Waals surface area (Å²) in [4.78, 5) is 9.58. The normalized spacial score (nSPS) is 12.0. The van der Waals surface area contributed by atoms with Gasteiger partial charge < -0.3 is 5.73 Å². The van der Waals surface area contributed by atoms with Crippen molar-refractivity contribution in [2.75, 3.05) is 5.73 Å². The Kier molecular flexibility index (Phi) is 6.04. The Morgan fingerprint density at radius 2 is 1.35 bits per heavy atom. The number of hydrogen-bond acceptors (Lipinski definition) is 3. The third-order valence-electron chi connectivity index (χ3n) is 9.30. The summed E-state index contributed by atoms with van der Waals surface area (Å²) in [6.07, 6.45) is 6.94. The Bertz CT molecular complexity index is 2480. The van der Waals surface area contributed by atoms with Crippen molar-refractivity contribution >= 4 is 44.3 Å². The van der Waals surface area contributed by atoms with Crippen LogP contribution in [0.5, 0.6) is 0 Å². The maximum Gasteiger partial charge on any atom is 0.0944 e. The molecule has 216 valence electrons. The third kappa shape index (κ3) is 4.28. The summed E-state index contributed by atoms with van der Waals surface area (Å²) in [5.41, 5.74) is 21.2. The molecule has 9 rings (SSSR count). The number of allylic oxidation sites excluding steroid dienone is 1. The van der Waals surface area contributed by atoms with Crippen LogP contribution < -0.4 is 5.73 Å². The van der Waals surface area contributed by atoms with Gasteiger partial charge in [-0.2, -0.15) is 0 Å². The molecule has 2 aromatic heterocycles. The molecular formula is C43H29N3. The van der Waals surface area contributed by atoms with Crippen molar-refractivity contribution < 1.29 is 0 Å². The third-order valence-corrected chi connectivity index (χ3v) is 9.30. The first-order valence-corrected chi connectivity index (χ1v) is 15.7. The van der Waals surface area contributed by atoms with Crippen molar-refractivity contribution in [1.29, 1.82) is 0 Å². The van der Waals surface area contributed by atoms with Crippen molar-refractivity contribution in [2.24, 2.45) is 0 Å². The summed E-state index contributed by atoms with van der Waals surface area (Å²) in [7, 11) is 0. The van der Waals surface area contributed by atoms with E-state index < -0.39 is 0 Å². The van der Waals surface area contributed by atoms with Gasteiger partial charge in [-0.25, -0.2) is 4.98 Å². The van der Waals surface area contributed by atoms with E-state index in [4.69, 9.17) is 10.7 Å². The van der Waals surface area contributed by atoms with Gasteiger partial charge in [-0.1, -0.05) is 121 Å². The summed E-state index contributed by atoms with van der Waals surface area (Å²) in [5, 5.41) is 4.71. The van der Waals surface area contributed by atoms with Crippen molar-refractivity contribution in [2.45, 2.75) is 6.42 Å². The lowest BCUT2D eigenvalue weighted by Crippen LogP contribution is -1.95. The number of pyridine rings is 2. The van der Waals surface area contributed by atoms with E-state index in [0.29, 0.717) is 5.69 Å². The Morgan fingerprint density at radius 1 is 0.587 bits per heavy atom. The number of nitrogens with two attached hydrogens (primary N) is 1. The van der Waals surface area contributed by atoms with Crippen LogP contribution in [0.2, 0.25) is 0 Å². The van der Waals surface area contributed by atoms with Gasteiger partial charge in [-0.05, 0) is 86.0 Å². The highest BCUT2D eigenvalue weighted by molar-refractivity contribution is 6.18. The number of nitrogen functional groups attached to an aromatic ring is 1. The first-order chi connectivity index (χ1) is 22.7. The lowest BCUT2D eigenvalue weighted by molar-refractivity contribution is 1.28. The zero-order valence-electron chi connectivity index (χ0n) is 25.1. The van der Waals surface area contributed by atoms with E-state index in [-0.39, 0.29) is 0 Å². The predicted octanol–water partition coefficient (Wildman–Crippen LogP) is 10.8. The van der Waals surface area contributed by atoms with Crippen LogP contribution in [-0.4, -0.2) is 9.97 Å². The molecule has 2 N–H and O–H groups in total. The van der Waals surface area contributed by atoms with Crippen LogP contribution in [0.1, 0.15) is 11.1 Å². The van der Waals surface area contributed by atoms with Crippen LogP contribution in [0.3, 0.4) is 0 Å². The van der Waals surface area contributed by atoms with Crippen LogP contribution in [0.25, 0.3) is 83.3 Å². The molecule has 0 aliphatic heterocycles. The molecule has 3 nitrogen and oxygen atoms in total. The highest BCUT2D eigenvalue weighted by Crippen LogP contribution is 2.49. The summed E-state index contributed by atoms with van der Waals surface area (Å²) in [6.45, 7) is 0. The molecule has 0 unspecified atom stereocenters. The van der Waals surface area contributed by atoms with Gasteiger partial charge >= 0.3 is 0 Å². The fourth-order valence-electron chi connectivity index (χ4n) is 6.96. The van der Waals surface area contributed by atoms with Crippen molar-refractivity contribution in [3.05, 3.63) is 157 Å². The van der Waals surface area contributed by atoms with E-state index in [1.807, 2.05) is 12.3 Å². The summed E-state index contributed by atoms with van der Waals surface area (Å²) < 4.78 is 0. The van der Waals surface area contributed by atoms with E-state index in [1.54, 1.807) is 0 Å². The van der Waals surface area contributed by atoms with Crippen LogP contribution in [0.15, 0.2) is 146 Å². The zero-order valence-corrected chi connectivity index (χ0v) is 25.1. The topological polar surface area (TPSA) is 51.8 Å². The van der Waals surface area contributed by atoms with Crippen LogP contribution in [0, 0.1) is 0 Å². The molecule has 0 fully saturated rings. The van der Waals surface area contributed by atoms with Gasteiger partial charge in [0.15, 0.2) is 0 Å². The summed E-state index contributed by atoms with van der Waals surface area (Å²) >= 11 is 0. The van der Waals surface area contributed by atoms with Gasteiger partial charge in [0, 0.05) is 22.5 Å². The second kappa shape index (κ2) is 10.5. The van der Waals surface area contributed by atoms with Gasteiger partial charge in [-0.3, -0.25) is 4.98 Å². The first kappa shape index (κ1) is 26.4. The number of rotatable bonds is 5. The number of hydrogen-bond donors (Lipinski definition) is 1. The monoisotopic (exact) mass is 587 g/mol. The maximum atomic E-state index is 6.78. The minimum Gasteiger partial charge on any atom is -0.396 e. The highest BCUT2D eigenvalue weighted by Gasteiger charge is 2.22. The van der Waals surface area contributed by atoms with Gasteiger partial charge in [0.2, 0.25) is 0 Å². The van der Waals surface area contributed by atoms with E-state index >= 15 is 0 Å². The predicted molar refractivity (Wildman–Crippen MR) is 193 cm³/mol. The summed E-state index contributed by atoms with van der Waals surface area (Å²) in [6, 6.07) is 47.4. The van der Waals surface area contributed by atoms with Gasteiger partial charge in [0.25, 0.3) is 0 Å². The fourth-order valence-corrected chi connectivity index (χ4v) is 6.96. The van der Waals surface area contributed by atoms with E-state index in [2.05, 4.69) is 145 Å². The average molecular weight is 588 g/mol. The molecule has 8 aromatic rings. The number of benzene rings is 6. The standard InChI is InChI=1S/C43H29N3/c44-42-29(7-3-6-27-13-15-28(16-14-27)31-20-23-39-32(26-31)8-5-25-45-39)17-18-30-19-24-40(46-43(30)42)35-21-22-38-34-10-2-1-9-33(34)36-11-4-12-37(35)41(36)38/h1-5,7-26H,6,44H2/b7-3-. The van der Waals surface area contributed by atoms with E-state index in [0.717, 1.165) is 45.0 Å². The number of aromatic nitrogens is 2. The lowest BCUT2D eigenvalue weighted by Gasteiger charge is -2.11. The molecule has 1 aliphatic rings. The molecule has 0 atom stereocenters. The number of fused-ring (bicyclic) bond motifs is 5. The zero-order chi connectivity index (χ0) is 30.6. The molecule has 3 heteroatoms. The van der Waals surface area contributed by atoms with Crippen LogP contribution in [0.4, 0.5) is 5.69 Å². The minimum absolute atomic E-state index is 0.704. The smallest absolute Gasteiger partial charge is 0.0944 e. The molecular weight excluding hydrogens is 558 g/mol. The largest absolute Gasteiger partial charge is 0.396 e. The Morgan fingerprint density at radius 3 is 2.22 bits per heavy atom. The molecule has 0 spiro atoms. The fraction of sp³-hybridized carbons (Fsp3) is 0.0233. The molecule has 0 saturated heterocycles. The molecule has 46 heavy (non-hydrogen) atoms. The minimum atomic E-state index is 0.704. The van der Waals surface area contributed by atoms with E-state index in [1.165, 1.54) is 49.7 Å². The SMILES string of the molecule is Nc1c(/C=C\Cc2ccc(-c3ccc4ncccc4c3)cc2)ccc2ccc(-c3ccc4c5c(cccc35)-c3ccccc3-4)nc12. The molecule has 0 saturated carbocycles. The second-order valence-corrected chi connectivity index (χ2v) is 12.0. The van der Waals surface area contributed by atoms with Crippen LogP contribution >= 0.6 is 0 Å². The maximum absolute atomic E-state index is 6.78. The Balaban J connectivity index is 0.998. The van der Waals surface area contributed by atoms with E-state index in [9.17, 15) is 0 Å². The van der Waals surface area contributed by atoms with Gasteiger partial charge in [0.1, 0.15) is 0 Å². The Labute approximate surface area is 267 Å². The first-order valence-electron chi connectivity index (χ1n) is 15.7. The number of nitrogens with zero attached hydrogens (tertiary/aromatic N) is 2. The lowest BCUT2D eigenvalue weighted by atomic mass is 9.96. The number of anilines is 1. The molecule has 0 radical (unpaired) electrons. The Hall–Kier alpha value is -6.06. The molecule has 0 bridgehead atoms. The molecule has 0 amide bonds. The van der Waals surface area contributed by atoms with Gasteiger partial charge in [-0.15, -0.1) is 0 Å².